The van der Waals surface area contributed by atoms with Crippen LogP contribution in [-0.2, 0) is 9.59 Å². The summed E-state index contributed by atoms with van der Waals surface area (Å²) in [5, 5.41) is 0. The van der Waals surface area contributed by atoms with Gasteiger partial charge in [0.15, 0.2) is 0 Å². The van der Waals surface area contributed by atoms with Crippen molar-refractivity contribution in [3.8, 4) is 0 Å². The molecule has 0 saturated carbocycles. The van der Waals surface area contributed by atoms with E-state index in [9.17, 15) is 14.4 Å². The summed E-state index contributed by atoms with van der Waals surface area (Å²) in [6.45, 7) is 3.56. The first-order valence-corrected chi connectivity index (χ1v) is 9.49. The number of hydrogen-bond acceptors (Lipinski definition) is 3. The smallest absolute Gasteiger partial charge is 0.253 e. The Morgan fingerprint density at radius 3 is 2.54 bits per heavy atom. The summed E-state index contributed by atoms with van der Waals surface area (Å²) in [6, 6.07) is 6.98. The zero-order chi connectivity index (χ0) is 18.3. The molecule has 5 nitrogen and oxygen atoms in total. The number of anilines is 1. The zero-order valence-corrected chi connectivity index (χ0v) is 15.1. The number of allylic oxidation sites excluding steroid dienone is 2. The van der Waals surface area contributed by atoms with Crippen LogP contribution < -0.4 is 4.90 Å². The SMILES string of the molecule is CC1=CC[C@H]2C(=O)N(c3cccc(C(=O)N4CCCCC4)c3)C(=O)[C@@H]2C1. The number of nitrogens with zero attached hydrogens (tertiary/aromatic N) is 2. The minimum atomic E-state index is -0.257. The Bertz CT molecular complexity index is 792. The maximum absolute atomic E-state index is 12.9. The van der Waals surface area contributed by atoms with Crippen LogP contribution in [0.15, 0.2) is 35.9 Å². The minimum Gasteiger partial charge on any atom is -0.339 e. The molecule has 1 aromatic rings. The van der Waals surface area contributed by atoms with Crippen molar-refractivity contribution in [1.29, 1.82) is 0 Å². The summed E-state index contributed by atoms with van der Waals surface area (Å²) in [5.41, 5.74) is 2.24. The van der Waals surface area contributed by atoms with E-state index in [-0.39, 0.29) is 29.6 Å². The molecule has 2 fully saturated rings. The first kappa shape index (κ1) is 17.0. The van der Waals surface area contributed by atoms with Crippen LogP contribution in [0.5, 0.6) is 0 Å². The van der Waals surface area contributed by atoms with Gasteiger partial charge in [0.25, 0.3) is 5.91 Å². The van der Waals surface area contributed by atoms with E-state index in [0.29, 0.717) is 24.1 Å². The second kappa shape index (κ2) is 6.71. The van der Waals surface area contributed by atoms with Gasteiger partial charge in [-0.15, -0.1) is 0 Å². The van der Waals surface area contributed by atoms with E-state index in [4.69, 9.17) is 0 Å². The standard InChI is InChI=1S/C21H24N2O3/c1-14-8-9-17-18(12-14)21(26)23(20(17)25)16-7-5-6-15(13-16)19(24)22-10-3-2-4-11-22/h5-8,13,17-18H,2-4,9-12H2,1H3/t17-,18-/m1/s1. The molecule has 0 bridgehead atoms. The Kier molecular flexibility index (Phi) is 4.39. The number of imide groups is 1. The van der Waals surface area contributed by atoms with Gasteiger partial charge in [-0.1, -0.05) is 17.7 Å². The van der Waals surface area contributed by atoms with Gasteiger partial charge in [-0.3, -0.25) is 19.3 Å². The maximum atomic E-state index is 12.9. The van der Waals surface area contributed by atoms with Crippen molar-refractivity contribution in [1.82, 2.24) is 4.90 Å². The van der Waals surface area contributed by atoms with Gasteiger partial charge in [0.1, 0.15) is 0 Å². The summed E-state index contributed by atoms with van der Waals surface area (Å²) in [7, 11) is 0. The molecule has 1 aromatic carbocycles. The highest BCUT2D eigenvalue weighted by Gasteiger charge is 2.48. The predicted octanol–water partition coefficient (Wildman–Crippen LogP) is 3.16. The van der Waals surface area contributed by atoms with E-state index in [1.807, 2.05) is 11.8 Å². The van der Waals surface area contributed by atoms with E-state index >= 15 is 0 Å². The summed E-state index contributed by atoms with van der Waals surface area (Å²) in [5.74, 6) is -0.788. The molecule has 2 heterocycles. The van der Waals surface area contributed by atoms with Crippen LogP contribution >= 0.6 is 0 Å². The summed E-state index contributed by atoms with van der Waals surface area (Å²) in [4.78, 5) is 41.6. The number of rotatable bonds is 2. The number of carbonyl (C=O) groups excluding carboxylic acids is 3. The normalized spacial score (nSPS) is 26.0. The number of hydrogen-bond donors (Lipinski definition) is 0. The van der Waals surface area contributed by atoms with Crippen LogP contribution in [0.25, 0.3) is 0 Å². The largest absolute Gasteiger partial charge is 0.339 e. The van der Waals surface area contributed by atoms with Crippen LogP contribution in [0.4, 0.5) is 5.69 Å². The highest BCUT2D eigenvalue weighted by Crippen LogP contribution is 2.39. The van der Waals surface area contributed by atoms with Gasteiger partial charge >= 0.3 is 0 Å². The lowest BCUT2D eigenvalue weighted by Gasteiger charge is -2.27. The fourth-order valence-corrected chi connectivity index (χ4v) is 4.35. The molecule has 0 N–H and O–H groups in total. The molecule has 26 heavy (non-hydrogen) atoms. The molecule has 0 spiro atoms. The summed E-state index contributed by atoms with van der Waals surface area (Å²) >= 11 is 0. The molecular weight excluding hydrogens is 328 g/mol. The van der Waals surface area contributed by atoms with Crippen LogP contribution in [0.2, 0.25) is 0 Å². The average Bonchev–Trinajstić information content (AvgIpc) is 2.92. The van der Waals surface area contributed by atoms with Crippen LogP contribution in [0, 0.1) is 11.8 Å². The van der Waals surface area contributed by atoms with Crippen molar-refractivity contribution in [2.45, 2.75) is 39.0 Å². The molecule has 2 aliphatic heterocycles. The first-order valence-electron chi connectivity index (χ1n) is 9.49. The number of carbonyl (C=O) groups is 3. The number of fused-ring (bicyclic) bond motifs is 1. The first-order chi connectivity index (χ1) is 12.6. The van der Waals surface area contributed by atoms with Crippen molar-refractivity contribution >= 4 is 23.4 Å². The quantitative estimate of drug-likeness (QED) is 0.607. The Morgan fingerprint density at radius 2 is 1.77 bits per heavy atom. The predicted molar refractivity (Wildman–Crippen MR) is 98.7 cm³/mol. The Balaban J connectivity index is 1.60. The molecule has 0 unspecified atom stereocenters. The number of amides is 3. The molecular formula is C21H24N2O3. The third kappa shape index (κ3) is 2.85. The van der Waals surface area contributed by atoms with Crippen molar-refractivity contribution in [2.75, 3.05) is 18.0 Å². The van der Waals surface area contributed by atoms with Gasteiger partial charge in [0.2, 0.25) is 11.8 Å². The topological polar surface area (TPSA) is 57.7 Å². The van der Waals surface area contributed by atoms with E-state index in [1.165, 1.54) is 10.5 Å². The molecule has 3 aliphatic rings. The Hall–Kier alpha value is -2.43. The number of likely N-dealkylation sites (tertiary alicyclic amines) is 1. The van der Waals surface area contributed by atoms with Gasteiger partial charge in [-0.25, -0.2) is 0 Å². The minimum absolute atomic E-state index is 0.0134. The van der Waals surface area contributed by atoms with E-state index in [2.05, 4.69) is 6.08 Å². The number of benzene rings is 1. The van der Waals surface area contributed by atoms with E-state index in [0.717, 1.165) is 32.4 Å². The molecule has 136 valence electrons. The van der Waals surface area contributed by atoms with Crippen LogP contribution in [0.1, 0.15) is 49.4 Å². The monoisotopic (exact) mass is 352 g/mol. The maximum Gasteiger partial charge on any atom is 0.253 e. The third-order valence-electron chi connectivity index (χ3n) is 5.82. The van der Waals surface area contributed by atoms with Crippen molar-refractivity contribution in [2.24, 2.45) is 11.8 Å². The molecule has 3 amide bonds. The summed E-state index contributed by atoms with van der Waals surface area (Å²) in [6.07, 6.45) is 6.57. The lowest BCUT2D eigenvalue weighted by Crippen LogP contribution is -2.36. The Labute approximate surface area is 153 Å². The van der Waals surface area contributed by atoms with Gasteiger partial charge in [0, 0.05) is 18.7 Å². The van der Waals surface area contributed by atoms with Crippen LogP contribution in [-0.4, -0.2) is 35.7 Å². The summed E-state index contributed by atoms with van der Waals surface area (Å²) < 4.78 is 0. The second-order valence-corrected chi connectivity index (χ2v) is 7.62. The fraction of sp³-hybridized carbons (Fsp3) is 0.476. The van der Waals surface area contributed by atoms with Crippen molar-refractivity contribution < 1.29 is 14.4 Å². The fourth-order valence-electron chi connectivity index (χ4n) is 4.35. The van der Waals surface area contributed by atoms with Crippen molar-refractivity contribution in [3.05, 3.63) is 41.5 Å². The lowest BCUT2D eigenvalue weighted by atomic mass is 9.82. The molecule has 5 heteroatoms. The zero-order valence-electron chi connectivity index (χ0n) is 15.1. The van der Waals surface area contributed by atoms with Gasteiger partial charge in [0.05, 0.1) is 17.5 Å². The third-order valence-corrected chi connectivity index (χ3v) is 5.82. The molecule has 0 aromatic heterocycles. The molecule has 2 atom stereocenters. The van der Waals surface area contributed by atoms with E-state index in [1.54, 1.807) is 24.3 Å². The second-order valence-electron chi connectivity index (χ2n) is 7.62. The lowest BCUT2D eigenvalue weighted by molar-refractivity contribution is -0.122. The molecule has 1 aliphatic carbocycles. The van der Waals surface area contributed by atoms with Gasteiger partial charge in [-0.2, -0.15) is 0 Å². The number of piperidine rings is 1. The highest BCUT2D eigenvalue weighted by molar-refractivity contribution is 6.22. The molecule has 0 radical (unpaired) electrons. The van der Waals surface area contributed by atoms with Crippen molar-refractivity contribution in [3.63, 3.8) is 0 Å². The Morgan fingerprint density at radius 1 is 1.04 bits per heavy atom. The molecule has 4 rings (SSSR count). The average molecular weight is 352 g/mol. The molecule has 2 saturated heterocycles. The van der Waals surface area contributed by atoms with E-state index < -0.39 is 0 Å². The van der Waals surface area contributed by atoms with Gasteiger partial charge < -0.3 is 4.90 Å². The van der Waals surface area contributed by atoms with Crippen LogP contribution in [0.3, 0.4) is 0 Å². The van der Waals surface area contributed by atoms with Gasteiger partial charge in [-0.05, 0) is 57.2 Å². The highest BCUT2D eigenvalue weighted by atomic mass is 16.2.